The van der Waals surface area contributed by atoms with E-state index in [1.165, 1.54) is 11.6 Å². The van der Waals surface area contributed by atoms with Crippen molar-refractivity contribution in [1.29, 1.82) is 0 Å². The molecule has 20 heavy (non-hydrogen) atoms. The molecule has 1 saturated heterocycles. The van der Waals surface area contributed by atoms with Crippen molar-refractivity contribution in [2.75, 3.05) is 13.1 Å². The Morgan fingerprint density at radius 3 is 3.05 bits per heavy atom. The molecule has 3 rings (SSSR count). The number of carbonyl (C=O) groups excluding carboxylic acids is 1. The highest BCUT2D eigenvalue weighted by Crippen LogP contribution is 2.24. The molecule has 1 N–H and O–H groups in total. The van der Waals surface area contributed by atoms with E-state index >= 15 is 0 Å². The van der Waals surface area contributed by atoms with Gasteiger partial charge < -0.3 is 10.2 Å². The molecule has 1 aromatic rings. The number of benzene rings is 1. The third-order valence-electron chi connectivity index (χ3n) is 4.47. The van der Waals surface area contributed by atoms with Crippen LogP contribution < -0.4 is 5.32 Å². The van der Waals surface area contributed by atoms with Gasteiger partial charge in [-0.05, 0) is 56.0 Å². The summed E-state index contributed by atoms with van der Waals surface area (Å²) in [5.41, 5.74) is 2.14. The summed E-state index contributed by atoms with van der Waals surface area (Å²) < 4.78 is 13.3. The van der Waals surface area contributed by atoms with Crippen molar-refractivity contribution >= 4 is 5.91 Å². The van der Waals surface area contributed by atoms with Crippen LogP contribution in [-0.2, 0) is 17.8 Å². The average Bonchev–Trinajstić information content (AvgIpc) is 2.45. The molecule has 0 unspecified atom stereocenters. The highest BCUT2D eigenvalue weighted by molar-refractivity contribution is 5.79. The van der Waals surface area contributed by atoms with Gasteiger partial charge in [-0.25, -0.2) is 4.39 Å². The molecule has 1 fully saturated rings. The van der Waals surface area contributed by atoms with Crippen LogP contribution in [0.15, 0.2) is 18.2 Å². The van der Waals surface area contributed by atoms with E-state index < -0.39 is 0 Å². The van der Waals surface area contributed by atoms with Gasteiger partial charge in [0.1, 0.15) is 5.82 Å². The number of hydrogen-bond acceptors (Lipinski definition) is 2. The standard InChI is InChI=1S/C16H21FN2O/c1-11-8-13(4-6-18-11)16(20)19-7-5-12-2-3-15(17)9-14(12)10-19/h2-3,9,11,13,18H,4-8,10H2,1H3/t11-,13-/m0/s1. The predicted molar refractivity (Wildman–Crippen MR) is 75.7 cm³/mol. The van der Waals surface area contributed by atoms with Crippen LogP contribution in [0.3, 0.4) is 0 Å². The van der Waals surface area contributed by atoms with Crippen LogP contribution in [0.5, 0.6) is 0 Å². The zero-order valence-electron chi connectivity index (χ0n) is 11.9. The second kappa shape index (κ2) is 5.52. The van der Waals surface area contributed by atoms with Gasteiger partial charge in [0.2, 0.25) is 5.91 Å². The van der Waals surface area contributed by atoms with E-state index in [0.717, 1.165) is 37.9 Å². The molecule has 2 heterocycles. The smallest absolute Gasteiger partial charge is 0.226 e. The molecule has 108 valence electrons. The van der Waals surface area contributed by atoms with Gasteiger partial charge in [0.15, 0.2) is 0 Å². The van der Waals surface area contributed by atoms with Crippen molar-refractivity contribution in [3.8, 4) is 0 Å². The number of piperidine rings is 1. The Bertz CT molecular complexity index is 517. The van der Waals surface area contributed by atoms with Gasteiger partial charge in [-0.1, -0.05) is 6.07 Å². The Labute approximate surface area is 119 Å². The molecule has 2 aliphatic rings. The SMILES string of the molecule is C[C@H]1C[C@@H](C(=O)N2CCc3ccc(F)cc3C2)CCN1. The van der Waals surface area contributed by atoms with E-state index in [1.54, 1.807) is 6.07 Å². The molecule has 0 saturated carbocycles. The predicted octanol–water partition coefficient (Wildman–Crippen LogP) is 2.10. The maximum atomic E-state index is 13.3. The minimum absolute atomic E-state index is 0.126. The molecule has 2 atom stereocenters. The van der Waals surface area contributed by atoms with Gasteiger partial charge in [-0.2, -0.15) is 0 Å². The molecule has 0 spiro atoms. The lowest BCUT2D eigenvalue weighted by molar-refractivity contribution is -0.137. The molecule has 1 amide bonds. The first-order chi connectivity index (χ1) is 9.63. The molecule has 0 bridgehead atoms. The molecule has 1 aromatic carbocycles. The summed E-state index contributed by atoms with van der Waals surface area (Å²) >= 11 is 0. The van der Waals surface area contributed by atoms with Crippen molar-refractivity contribution < 1.29 is 9.18 Å². The molecule has 2 aliphatic heterocycles. The van der Waals surface area contributed by atoms with Crippen LogP contribution in [0.25, 0.3) is 0 Å². The first-order valence-corrected chi connectivity index (χ1v) is 7.43. The molecular weight excluding hydrogens is 255 g/mol. The van der Waals surface area contributed by atoms with E-state index in [9.17, 15) is 9.18 Å². The summed E-state index contributed by atoms with van der Waals surface area (Å²) in [4.78, 5) is 14.5. The maximum Gasteiger partial charge on any atom is 0.226 e. The molecule has 0 aromatic heterocycles. The number of fused-ring (bicyclic) bond motifs is 1. The first kappa shape index (κ1) is 13.6. The van der Waals surface area contributed by atoms with Crippen LogP contribution in [0.1, 0.15) is 30.9 Å². The normalized spacial score (nSPS) is 26.2. The highest BCUT2D eigenvalue weighted by atomic mass is 19.1. The van der Waals surface area contributed by atoms with Gasteiger partial charge in [0, 0.05) is 25.0 Å². The Morgan fingerprint density at radius 2 is 2.25 bits per heavy atom. The number of nitrogens with one attached hydrogen (secondary N) is 1. The maximum absolute atomic E-state index is 13.3. The summed E-state index contributed by atoms with van der Waals surface area (Å²) in [7, 11) is 0. The third-order valence-corrected chi connectivity index (χ3v) is 4.47. The number of halogens is 1. The molecular formula is C16H21FN2O. The summed E-state index contributed by atoms with van der Waals surface area (Å²) in [5, 5.41) is 3.37. The summed E-state index contributed by atoms with van der Waals surface area (Å²) in [6.45, 7) is 4.36. The third kappa shape index (κ3) is 2.70. The Kier molecular flexibility index (Phi) is 3.74. The minimum Gasteiger partial charge on any atom is -0.338 e. The Morgan fingerprint density at radius 1 is 1.40 bits per heavy atom. The largest absolute Gasteiger partial charge is 0.338 e. The quantitative estimate of drug-likeness (QED) is 0.852. The van der Waals surface area contributed by atoms with Crippen LogP contribution in [0.2, 0.25) is 0 Å². The number of nitrogens with zero attached hydrogens (tertiary/aromatic N) is 1. The van der Waals surface area contributed by atoms with E-state index in [2.05, 4.69) is 12.2 Å². The van der Waals surface area contributed by atoms with Gasteiger partial charge in [-0.3, -0.25) is 4.79 Å². The van der Waals surface area contributed by atoms with Crippen LogP contribution in [0.4, 0.5) is 4.39 Å². The molecule has 0 aliphatic carbocycles. The summed E-state index contributed by atoms with van der Waals surface area (Å²) in [6, 6.07) is 5.33. The topological polar surface area (TPSA) is 32.3 Å². The zero-order chi connectivity index (χ0) is 14.1. The lowest BCUT2D eigenvalue weighted by Gasteiger charge is -2.34. The number of amides is 1. The Hall–Kier alpha value is -1.42. The fourth-order valence-corrected chi connectivity index (χ4v) is 3.33. The number of carbonyl (C=O) groups is 1. The zero-order valence-corrected chi connectivity index (χ0v) is 11.9. The van der Waals surface area contributed by atoms with Gasteiger partial charge >= 0.3 is 0 Å². The number of rotatable bonds is 1. The van der Waals surface area contributed by atoms with Crippen LogP contribution in [-0.4, -0.2) is 29.9 Å². The van der Waals surface area contributed by atoms with E-state index in [4.69, 9.17) is 0 Å². The summed E-state index contributed by atoms with van der Waals surface area (Å²) in [6.07, 6.45) is 2.66. The second-order valence-corrected chi connectivity index (χ2v) is 6.00. The Balaban J connectivity index is 1.71. The first-order valence-electron chi connectivity index (χ1n) is 7.43. The van der Waals surface area contributed by atoms with Crippen molar-refractivity contribution in [3.63, 3.8) is 0 Å². The number of hydrogen-bond donors (Lipinski definition) is 1. The minimum atomic E-state index is -0.214. The molecule has 0 radical (unpaired) electrons. The van der Waals surface area contributed by atoms with Crippen LogP contribution >= 0.6 is 0 Å². The van der Waals surface area contributed by atoms with Crippen molar-refractivity contribution in [3.05, 3.63) is 35.1 Å². The van der Waals surface area contributed by atoms with Crippen molar-refractivity contribution in [2.45, 2.75) is 38.8 Å². The van der Waals surface area contributed by atoms with Gasteiger partial charge in [-0.15, -0.1) is 0 Å². The van der Waals surface area contributed by atoms with Gasteiger partial charge in [0.05, 0.1) is 0 Å². The molecule has 4 heteroatoms. The monoisotopic (exact) mass is 276 g/mol. The highest BCUT2D eigenvalue weighted by Gasteiger charge is 2.30. The second-order valence-electron chi connectivity index (χ2n) is 6.00. The summed E-state index contributed by atoms with van der Waals surface area (Å²) in [5.74, 6) is 0.156. The van der Waals surface area contributed by atoms with Crippen LogP contribution in [0, 0.1) is 11.7 Å². The van der Waals surface area contributed by atoms with Crippen molar-refractivity contribution in [1.82, 2.24) is 10.2 Å². The van der Waals surface area contributed by atoms with E-state index in [-0.39, 0.29) is 17.6 Å². The fourth-order valence-electron chi connectivity index (χ4n) is 3.33. The van der Waals surface area contributed by atoms with E-state index in [1.807, 2.05) is 11.0 Å². The molecule has 3 nitrogen and oxygen atoms in total. The van der Waals surface area contributed by atoms with E-state index in [0.29, 0.717) is 12.6 Å². The fraction of sp³-hybridized carbons (Fsp3) is 0.562. The lowest BCUT2D eigenvalue weighted by atomic mass is 9.90. The van der Waals surface area contributed by atoms with Gasteiger partial charge in [0.25, 0.3) is 0 Å². The average molecular weight is 276 g/mol. The lowest BCUT2D eigenvalue weighted by Crippen LogP contribution is -2.45. The van der Waals surface area contributed by atoms with Crippen molar-refractivity contribution in [2.24, 2.45) is 5.92 Å².